The van der Waals surface area contributed by atoms with E-state index in [0.29, 0.717) is 12.1 Å². The molecule has 0 heterocycles. The van der Waals surface area contributed by atoms with Crippen molar-refractivity contribution in [1.29, 1.82) is 0 Å². The minimum Gasteiger partial charge on any atom is -0.369 e. The summed E-state index contributed by atoms with van der Waals surface area (Å²) in [5, 5.41) is 0. The number of benzene rings is 1. The second-order valence-corrected chi connectivity index (χ2v) is 3.98. The van der Waals surface area contributed by atoms with Crippen LogP contribution in [-0.2, 0) is 4.74 Å². The van der Waals surface area contributed by atoms with Crippen LogP contribution < -0.4 is 5.73 Å². The molecule has 90 valence electrons. The Kier molecular flexibility index (Phi) is 5.43. The van der Waals surface area contributed by atoms with Crippen LogP contribution in [0.15, 0.2) is 24.3 Å². The number of hydrogen-bond donors (Lipinski definition) is 1. The van der Waals surface area contributed by atoms with Gasteiger partial charge in [-0.2, -0.15) is 0 Å². The molecule has 0 bridgehead atoms. The van der Waals surface area contributed by atoms with E-state index in [1.807, 2.05) is 6.92 Å². The summed E-state index contributed by atoms with van der Waals surface area (Å²) < 4.78 is 19.3. The fourth-order valence-electron chi connectivity index (χ4n) is 1.75. The highest BCUT2D eigenvalue weighted by Crippen LogP contribution is 2.22. The quantitative estimate of drug-likeness (QED) is 0.807. The molecular formula is C13H20FNO. The Labute approximate surface area is 96.6 Å². The van der Waals surface area contributed by atoms with Crippen LogP contribution in [0.2, 0.25) is 0 Å². The lowest BCUT2D eigenvalue weighted by atomic mass is 10.1. The van der Waals surface area contributed by atoms with E-state index in [1.165, 1.54) is 6.07 Å². The van der Waals surface area contributed by atoms with Crippen LogP contribution in [0.1, 0.15) is 38.4 Å². The monoisotopic (exact) mass is 225 g/mol. The van der Waals surface area contributed by atoms with Gasteiger partial charge in [0.15, 0.2) is 0 Å². The summed E-state index contributed by atoms with van der Waals surface area (Å²) in [5.41, 5.74) is 6.18. The third-order valence-corrected chi connectivity index (χ3v) is 2.56. The molecule has 0 aliphatic carbocycles. The van der Waals surface area contributed by atoms with E-state index in [9.17, 15) is 4.39 Å². The number of rotatable bonds is 6. The molecule has 1 aromatic carbocycles. The Balaban J connectivity index is 2.71. The average Bonchev–Trinajstić information content (AvgIpc) is 2.27. The Bertz CT molecular complexity index is 317. The number of nitrogens with two attached hydrogens (primary N) is 1. The minimum absolute atomic E-state index is 0.109. The molecule has 2 atom stereocenters. The molecular weight excluding hydrogens is 205 g/mol. The molecule has 0 aliphatic rings. The van der Waals surface area contributed by atoms with Crippen LogP contribution in [0.25, 0.3) is 0 Å². The van der Waals surface area contributed by atoms with Gasteiger partial charge in [-0.15, -0.1) is 0 Å². The third-order valence-electron chi connectivity index (χ3n) is 2.56. The Hall–Kier alpha value is -0.930. The van der Waals surface area contributed by atoms with Gasteiger partial charge in [-0.05, 0) is 19.4 Å². The molecule has 1 rings (SSSR count). The zero-order valence-corrected chi connectivity index (χ0v) is 9.95. The Morgan fingerprint density at radius 3 is 2.62 bits per heavy atom. The normalized spacial score (nSPS) is 14.8. The maximum absolute atomic E-state index is 13.5. The van der Waals surface area contributed by atoms with Crippen LogP contribution in [0, 0.1) is 5.82 Å². The summed E-state index contributed by atoms with van der Waals surface area (Å²) >= 11 is 0. The highest BCUT2D eigenvalue weighted by Gasteiger charge is 2.16. The van der Waals surface area contributed by atoms with Gasteiger partial charge in [-0.1, -0.05) is 31.5 Å². The lowest BCUT2D eigenvalue weighted by Gasteiger charge is -2.21. The average molecular weight is 225 g/mol. The number of hydrogen-bond acceptors (Lipinski definition) is 2. The van der Waals surface area contributed by atoms with Crippen molar-refractivity contribution in [1.82, 2.24) is 0 Å². The van der Waals surface area contributed by atoms with E-state index in [2.05, 4.69) is 6.92 Å². The smallest absolute Gasteiger partial charge is 0.129 e. The molecule has 2 nitrogen and oxygen atoms in total. The summed E-state index contributed by atoms with van der Waals surface area (Å²) in [6.45, 7) is 4.39. The highest BCUT2D eigenvalue weighted by atomic mass is 19.1. The van der Waals surface area contributed by atoms with E-state index in [0.717, 1.165) is 12.8 Å². The predicted molar refractivity (Wildman–Crippen MR) is 63.7 cm³/mol. The van der Waals surface area contributed by atoms with Crippen molar-refractivity contribution < 1.29 is 9.13 Å². The molecule has 0 saturated heterocycles. The van der Waals surface area contributed by atoms with Gasteiger partial charge in [-0.3, -0.25) is 0 Å². The maximum atomic E-state index is 13.5. The van der Waals surface area contributed by atoms with Crippen molar-refractivity contribution in [2.24, 2.45) is 5.73 Å². The standard InChI is InChI=1S/C13H20FNO/c1-3-6-10(2)16-13(9-15)11-7-4-5-8-12(11)14/h4-5,7-8,10,13H,3,6,9,15H2,1-2H3. The molecule has 2 unspecified atom stereocenters. The topological polar surface area (TPSA) is 35.2 Å². The van der Waals surface area contributed by atoms with Crippen LogP contribution in [-0.4, -0.2) is 12.6 Å². The molecule has 16 heavy (non-hydrogen) atoms. The largest absolute Gasteiger partial charge is 0.369 e. The first kappa shape index (κ1) is 13.1. The van der Waals surface area contributed by atoms with Gasteiger partial charge in [0.2, 0.25) is 0 Å². The molecule has 0 aromatic heterocycles. The van der Waals surface area contributed by atoms with Gasteiger partial charge in [-0.25, -0.2) is 4.39 Å². The molecule has 0 radical (unpaired) electrons. The Morgan fingerprint density at radius 1 is 1.38 bits per heavy atom. The van der Waals surface area contributed by atoms with Gasteiger partial charge in [0.05, 0.1) is 12.2 Å². The first-order valence-corrected chi connectivity index (χ1v) is 5.79. The van der Waals surface area contributed by atoms with Crippen molar-refractivity contribution >= 4 is 0 Å². The number of halogens is 1. The number of ether oxygens (including phenoxy) is 1. The molecule has 0 aliphatic heterocycles. The highest BCUT2D eigenvalue weighted by molar-refractivity contribution is 5.20. The molecule has 0 amide bonds. The first-order valence-electron chi connectivity index (χ1n) is 5.79. The van der Waals surface area contributed by atoms with Crippen molar-refractivity contribution in [3.05, 3.63) is 35.6 Å². The van der Waals surface area contributed by atoms with Crippen LogP contribution in [0.4, 0.5) is 4.39 Å². The van der Waals surface area contributed by atoms with Gasteiger partial charge >= 0.3 is 0 Å². The fourth-order valence-corrected chi connectivity index (χ4v) is 1.75. The molecule has 1 aromatic rings. The van der Waals surface area contributed by atoms with Gasteiger partial charge < -0.3 is 10.5 Å². The van der Waals surface area contributed by atoms with Gasteiger partial charge in [0.25, 0.3) is 0 Å². The summed E-state index contributed by atoms with van der Waals surface area (Å²) in [6.07, 6.45) is 1.78. The van der Waals surface area contributed by atoms with Gasteiger partial charge in [0.1, 0.15) is 5.82 Å². The summed E-state index contributed by atoms with van der Waals surface area (Å²) in [4.78, 5) is 0. The van der Waals surface area contributed by atoms with E-state index >= 15 is 0 Å². The van der Waals surface area contributed by atoms with Gasteiger partial charge in [0, 0.05) is 12.1 Å². The molecule has 0 fully saturated rings. The van der Waals surface area contributed by atoms with E-state index < -0.39 is 0 Å². The van der Waals surface area contributed by atoms with Crippen LogP contribution in [0.3, 0.4) is 0 Å². The van der Waals surface area contributed by atoms with Crippen molar-refractivity contribution in [2.75, 3.05) is 6.54 Å². The molecule has 0 saturated carbocycles. The van der Waals surface area contributed by atoms with E-state index in [-0.39, 0.29) is 18.0 Å². The van der Waals surface area contributed by atoms with Crippen LogP contribution >= 0.6 is 0 Å². The maximum Gasteiger partial charge on any atom is 0.129 e. The second kappa shape index (κ2) is 6.61. The molecule has 2 N–H and O–H groups in total. The van der Waals surface area contributed by atoms with Crippen molar-refractivity contribution in [3.8, 4) is 0 Å². The van der Waals surface area contributed by atoms with Crippen molar-refractivity contribution in [3.63, 3.8) is 0 Å². The first-order chi connectivity index (χ1) is 7.69. The lowest BCUT2D eigenvalue weighted by molar-refractivity contribution is -0.00454. The Morgan fingerprint density at radius 2 is 2.06 bits per heavy atom. The summed E-state index contributed by atoms with van der Waals surface area (Å²) in [7, 11) is 0. The van der Waals surface area contributed by atoms with Crippen LogP contribution in [0.5, 0.6) is 0 Å². The van der Waals surface area contributed by atoms with Crippen molar-refractivity contribution in [2.45, 2.75) is 38.9 Å². The van der Waals surface area contributed by atoms with E-state index in [4.69, 9.17) is 10.5 Å². The predicted octanol–water partition coefficient (Wildman–Crippen LogP) is 3.03. The molecule has 0 spiro atoms. The zero-order chi connectivity index (χ0) is 12.0. The summed E-state index contributed by atoms with van der Waals surface area (Å²) in [6, 6.07) is 6.63. The zero-order valence-electron chi connectivity index (χ0n) is 9.95. The molecule has 3 heteroatoms. The SMILES string of the molecule is CCCC(C)OC(CN)c1ccccc1F. The lowest BCUT2D eigenvalue weighted by Crippen LogP contribution is -2.21. The second-order valence-electron chi connectivity index (χ2n) is 3.98. The summed E-state index contributed by atoms with van der Waals surface area (Å²) in [5.74, 6) is -0.248. The third kappa shape index (κ3) is 3.58. The fraction of sp³-hybridized carbons (Fsp3) is 0.538. The minimum atomic E-state index is -0.345. The van der Waals surface area contributed by atoms with E-state index in [1.54, 1.807) is 18.2 Å².